The maximum absolute atomic E-state index is 12.2. The standard InChI is InChI=1S/C30H43NO3Si2/c1-28(2,3)35(7,8)33-25-18-14-23(15-19-25)30(32,27-13-11-12-22-31-27)24-16-20-26(21-17-24)34-36(9,10)29(4,5)6/h11-22,32H,1-10H3. The molecule has 3 aromatic rings. The summed E-state index contributed by atoms with van der Waals surface area (Å²) in [6.45, 7) is 22.3. The van der Waals surface area contributed by atoms with Crippen LogP contribution < -0.4 is 8.85 Å². The first-order chi connectivity index (χ1) is 16.5. The van der Waals surface area contributed by atoms with Crippen LogP contribution >= 0.6 is 0 Å². The fourth-order valence-electron chi connectivity index (χ4n) is 3.46. The van der Waals surface area contributed by atoms with Crippen molar-refractivity contribution in [2.75, 3.05) is 0 Å². The van der Waals surface area contributed by atoms with Gasteiger partial charge in [-0.3, -0.25) is 4.98 Å². The highest BCUT2D eigenvalue weighted by Crippen LogP contribution is 2.41. The van der Waals surface area contributed by atoms with Crippen molar-refractivity contribution in [2.24, 2.45) is 0 Å². The van der Waals surface area contributed by atoms with E-state index in [1.807, 2.05) is 66.7 Å². The maximum Gasteiger partial charge on any atom is 0.250 e. The average molecular weight is 522 g/mol. The van der Waals surface area contributed by atoms with Crippen molar-refractivity contribution >= 4 is 16.6 Å². The van der Waals surface area contributed by atoms with E-state index in [0.717, 1.165) is 22.6 Å². The summed E-state index contributed by atoms with van der Waals surface area (Å²) in [5, 5.41) is 12.4. The summed E-state index contributed by atoms with van der Waals surface area (Å²) in [4.78, 5) is 4.53. The van der Waals surface area contributed by atoms with Gasteiger partial charge < -0.3 is 14.0 Å². The van der Waals surface area contributed by atoms with E-state index < -0.39 is 22.2 Å². The fourth-order valence-corrected chi connectivity index (χ4v) is 5.53. The third kappa shape index (κ3) is 5.77. The zero-order valence-corrected chi connectivity index (χ0v) is 25.6. The lowest BCUT2D eigenvalue weighted by Crippen LogP contribution is -2.43. The summed E-state index contributed by atoms with van der Waals surface area (Å²) in [6, 6.07) is 21.2. The monoisotopic (exact) mass is 521 g/mol. The molecule has 0 aliphatic rings. The molecule has 1 aromatic heterocycles. The quantitative estimate of drug-likeness (QED) is 0.319. The van der Waals surface area contributed by atoms with Crippen LogP contribution in [0, 0.1) is 0 Å². The Labute approximate surface area is 220 Å². The molecule has 1 heterocycles. The molecule has 0 unspecified atom stereocenters. The Morgan fingerprint density at radius 3 is 1.31 bits per heavy atom. The molecule has 0 radical (unpaired) electrons. The van der Waals surface area contributed by atoms with Crippen molar-refractivity contribution in [3.05, 3.63) is 89.7 Å². The predicted molar refractivity (Wildman–Crippen MR) is 155 cm³/mol. The predicted octanol–water partition coefficient (Wildman–Crippen LogP) is 8.13. The number of nitrogens with zero attached hydrogens (tertiary/aromatic N) is 1. The minimum absolute atomic E-state index is 0.106. The third-order valence-corrected chi connectivity index (χ3v) is 16.7. The van der Waals surface area contributed by atoms with Crippen LogP contribution in [0.1, 0.15) is 58.4 Å². The van der Waals surface area contributed by atoms with Crippen molar-refractivity contribution in [2.45, 2.75) is 83.4 Å². The third-order valence-electron chi connectivity index (χ3n) is 7.94. The molecule has 1 N–H and O–H groups in total. The molecule has 194 valence electrons. The molecule has 0 aliphatic heterocycles. The zero-order valence-electron chi connectivity index (χ0n) is 23.6. The summed E-state index contributed by atoms with van der Waals surface area (Å²) in [7, 11) is -3.92. The second-order valence-corrected chi connectivity index (χ2v) is 22.1. The summed E-state index contributed by atoms with van der Waals surface area (Å²) >= 11 is 0. The summed E-state index contributed by atoms with van der Waals surface area (Å²) < 4.78 is 12.9. The first-order valence-electron chi connectivity index (χ1n) is 12.7. The summed E-state index contributed by atoms with van der Waals surface area (Å²) in [5.74, 6) is 1.65. The van der Waals surface area contributed by atoms with Crippen molar-refractivity contribution in [3.8, 4) is 11.5 Å². The molecule has 3 rings (SSSR count). The molecule has 6 heteroatoms. The molecule has 4 nitrogen and oxygen atoms in total. The van der Waals surface area contributed by atoms with Crippen LogP contribution in [0.25, 0.3) is 0 Å². The van der Waals surface area contributed by atoms with Gasteiger partial charge in [-0.25, -0.2) is 0 Å². The van der Waals surface area contributed by atoms with Crippen LogP contribution in [0.5, 0.6) is 11.5 Å². The van der Waals surface area contributed by atoms with Crippen LogP contribution in [0.4, 0.5) is 0 Å². The van der Waals surface area contributed by atoms with Crippen LogP contribution in [-0.4, -0.2) is 26.7 Å². The van der Waals surface area contributed by atoms with E-state index in [1.54, 1.807) is 6.20 Å². The topological polar surface area (TPSA) is 51.6 Å². The van der Waals surface area contributed by atoms with Gasteiger partial charge in [0.25, 0.3) is 0 Å². The summed E-state index contributed by atoms with van der Waals surface area (Å²) in [5.41, 5.74) is 0.636. The molecule has 0 bridgehead atoms. The van der Waals surface area contributed by atoms with E-state index in [9.17, 15) is 5.11 Å². The number of aromatic nitrogens is 1. The highest BCUT2D eigenvalue weighted by atomic mass is 28.4. The normalized spacial score (nSPS) is 13.4. The first-order valence-corrected chi connectivity index (χ1v) is 18.5. The lowest BCUT2D eigenvalue weighted by atomic mass is 9.83. The van der Waals surface area contributed by atoms with E-state index in [2.05, 4.69) is 72.7 Å². The number of benzene rings is 2. The number of rotatable bonds is 7. The molecule has 0 saturated carbocycles. The minimum atomic E-state index is -1.96. The van der Waals surface area contributed by atoms with Crippen molar-refractivity contribution in [3.63, 3.8) is 0 Å². The van der Waals surface area contributed by atoms with Gasteiger partial charge in [-0.05, 0) is 83.8 Å². The second kappa shape index (κ2) is 9.80. The van der Waals surface area contributed by atoms with Gasteiger partial charge >= 0.3 is 0 Å². The number of hydrogen-bond acceptors (Lipinski definition) is 4. The van der Waals surface area contributed by atoms with E-state index >= 15 is 0 Å². The highest BCUT2D eigenvalue weighted by Gasteiger charge is 2.41. The lowest BCUT2D eigenvalue weighted by Gasteiger charge is -2.37. The Morgan fingerprint density at radius 1 is 0.611 bits per heavy atom. The van der Waals surface area contributed by atoms with Gasteiger partial charge in [0, 0.05) is 6.20 Å². The Kier molecular flexibility index (Phi) is 7.67. The molecular weight excluding hydrogens is 479 g/mol. The van der Waals surface area contributed by atoms with Crippen molar-refractivity contribution in [1.82, 2.24) is 4.98 Å². The average Bonchev–Trinajstić information content (AvgIpc) is 2.78. The van der Waals surface area contributed by atoms with Gasteiger partial charge in [0.15, 0.2) is 5.60 Å². The summed E-state index contributed by atoms with van der Waals surface area (Å²) in [6.07, 6.45) is 1.71. The second-order valence-electron chi connectivity index (χ2n) is 12.7. The molecular formula is C30H43NO3Si2. The molecule has 0 spiro atoms. The molecule has 0 amide bonds. The molecule has 2 aromatic carbocycles. The van der Waals surface area contributed by atoms with Gasteiger partial charge in [-0.2, -0.15) is 0 Å². The van der Waals surface area contributed by atoms with Gasteiger partial charge in [0.05, 0.1) is 5.69 Å². The lowest BCUT2D eigenvalue weighted by molar-refractivity contribution is 0.121. The smallest absolute Gasteiger partial charge is 0.250 e. The highest BCUT2D eigenvalue weighted by molar-refractivity contribution is 6.75. The van der Waals surface area contributed by atoms with Crippen LogP contribution in [0.2, 0.25) is 36.3 Å². The van der Waals surface area contributed by atoms with Gasteiger partial charge in [0.2, 0.25) is 16.6 Å². The fraction of sp³-hybridized carbons (Fsp3) is 0.433. The van der Waals surface area contributed by atoms with E-state index in [-0.39, 0.29) is 10.1 Å². The Hall–Kier alpha value is -2.42. The number of pyridine rings is 1. The Bertz CT molecular complexity index is 1070. The largest absolute Gasteiger partial charge is 0.544 e. The number of aliphatic hydroxyl groups is 1. The van der Waals surface area contributed by atoms with Gasteiger partial charge in [-0.1, -0.05) is 71.9 Å². The molecule has 0 atom stereocenters. The SMILES string of the molecule is CC(C)(C)[Si](C)(C)Oc1ccc(C(O)(c2ccc(O[Si](C)(C)C(C)(C)C)cc2)c2ccccn2)cc1. The van der Waals surface area contributed by atoms with Gasteiger partial charge in [-0.15, -0.1) is 0 Å². The Morgan fingerprint density at radius 2 is 1.00 bits per heavy atom. The molecule has 0 fully saturated rings. The van der Waals surface area contributed by atoms with Crippen molar-refractivity contribution < 1.29 is 14.0 Å². The first kappa shape index (κ1) is 28.2. The van der Waals surface area contributed by atoms with Gasteiger partial charge in [0.1, 0.15) is 11.5 Å². The maximum atomic E-state index is 12.2. The minimum Gasteiger partial charge on any atom is -0.544 e. The Balaban J connectivity index is 1.99. The van der Waals surface area contributed by atoms with Crippen molar-refractivity contribution in [1.29, 1.82) is 0 Å². The van der Waals surface area contributed by atoms with E-state index in [0.29, 0.717) is 5.69 Å². The zero-order chi connectivity index (χ0) is 27.0. The number of hydrogen-bond donors (Lipinski definition) is 1. The molecule has 0 aliphatic carbocycles. The van der Waals surface area contributed by atoms with Crippen LogP contribution in [-0.2, 0) is 5.60 Å². The van der Waals surface area contributed by atoms with Crippen LogP contribution in [0.15, 0.2) is 72.9 Å². The molecule has 0 saturated heterocycles. The van der Waals surface area contributed by atoms with E-state index in [4.69, 9.17) is 8.85 Å². The molecule has 36 heavy (non-hydrogen) atoms. The van der Waals surface area contributed by atoms with E-state index in [1.165, 1.54) is 0 Å². The van der Waals surface area contributed by atoms with Crippen LogP contribution in [0.3, 0.4) is 0 Å².